The molecule has 140 valence electrons. The lowest BCUT2D eigenvalue weighted by molar-refractivity contribution is 0.0951. The number of para-hydroxylation sites is 1. The summed E-state index contributed by atoms with van der Waals surface area (Å²) in [6.07, 6.45) is 3.40. The van der Waals surface area contributed by atoms with Crippen molar-refractivity contribution in [3.63, 3.8) is 0 Å². The minimum absolute atomic E-state index is 0. The first kappa shape index (κ1) is 20.4. The SMILES string of the molecule is Cl.O=C(Nc1ccccc1C(=O)NCCC1CCCNC1)c1ccsc1. The highest BCUT2D eigenvalue weighted by Crippen LogP contribution is 2.18. The minimum Gasteiger partial charge on any atom is -0.352 e. The van der Waals surface area contributed by atoms with E-state index >= 15 is 0 Å². The number of amides is 2. The number of thiophene rings is 1. The van der Waals surface area contributed by atoms with E-state index in [-0.39, 0.29) is 24.2 Å². The lowest BCUT2D eigenvalue weighted by Crippen LogP contribution is -2.33. The van der Waals surface area contributed by atoms with Crippen LogP contribution in [0.1, 0.15) is 40.0 Å². The third-order valence-electron chi connectivity index (χ3n) is 4.44. The van der Waals surface area contributed by atoms with Gasteiger partial charge in [-0.2, -0.15) is 11.3 Å². The second kappa shape index (κ2) is 10.3. The zero-order valence-electron chi connectivity index (χ0n) is 14.5. The first-order chi connectivity index (χ1) is 12.2. The number of benzene rings is 1. The van der Waals surface area contributed by atoms with Gasteiger partial charge in [-0.1, -0.05) is 12.1 Å². The van der Waals surface area contributed by atoms with Crippen molar-refractivity contribution in [3.8, 4) is 0 Å². The number of piperidine rings is 1. The molecule has 1 aromatic carbocycles. The minimum atomic E-state index is -0.199. The molecule has 0 radical (unpaired) electrons. The molecule has 1 saturated heterocycles. The molecule has 1 fully saturated rings. The topological polar surface area (TPSA) is 70.2 Å². The number of carbonyl (C=O) groups is 2. The quantitative estimate of drug-likeness (QED) is 0.703. The fraction of sp³-hybridized carbons (Fsp3) is 0.368. The van der Waals surface area contributed by atoms with E-state index in [2.05, 4.69) is 16.0 Å². The largest absolute Gasteiger partial charge is 0.352 e. The van der Waals surface area contributed by atoms with E-state index in [1.807, 2.05) is 11.4 Å². The van der Waals surface area contributed by atoms with Crippen LogP contribution in [0.5, 0.6) is 0 Å². The number of anilines is 1. The molecule has 5 nitrogen and oxygen atoms in total. The average Bonchev–Trinajstić information content (AvgIpc) is 3.18. The van der Waals surface area contributed by atoms with E-state index in [0.29, 0.717) is 29.3 Å². The molecule has 26 heavy (non-hydrogen) atoms. The van der Waals surface area contributed by atoms with Crippen molar-refractivity contribution >= 4 is 41.2 Å². The van der Waals surface area contributed by atoms with Crippen LogP contribution >= 0.6 is 23.7 Å². The van der Waals surface area contributed by atoms with Crippen molar-refractivity contribution < 1.29 is 9.59 Å². The van der Waals surface area contributed by atoms with Gasteiger partial charge in [-0.25, -0.2) is 0 Å². The van der Waals surface area contributed by atoms with E-state index in [1.165, 1.54) is 24.2 Å². The van der Waals surface area contributed by atoms with Gasteiger partial charge >= 0.3 is 0 Å². The fourth-order valence-corrected chi connectivity index (χ4v) is 3.67. The van der Waals surface area contributed by atoms with Gasteiger partial charge in [0.25, 0.3) is 11.8 Å². The molecule has 3 rings (SSSR count). The van der Waals surface area contributed by atoms with Crippen molar-refractivity contribution in [1.29, 1.82) is 0 Å². The molecule has 3 N–H and O–H groups in total. The smallest absolute Gasteiger partial charge is 0.256 e. The van der Waals surface area contributed by atoms with Gasteiger partial charge in [-0.15, -0.1) is 12.4 Å². The number of halogens is 1. The summed E-state index contributed by atoms with van der Waals surface area (Å²) >= 11 is 1.47. The zero-order chi connectivity index (χ0) is 17.5. The van der Waals surface area contributed by atoms with Gasteiger partial charge in [0.2, 0.25) is 0 Å². The maximum Gasteiger partial charge on any atom is 0.256 e. The number of nitrogens with one attached hydrogen (secondary N) is 3. The first-order valence-corrected chi connectivity index (χ1v) is 9.60. The molecule has 0 bridgehead atoms. The maximum absolute atomic E-state index is 12.5. The Morgan fingerprint density at radius 3 is 2.77 bits per heavy atom. The Bertz CT molecular complexity index is 715. The van der Waals surface area contributed by atoms with Crippen LogP contribution in [0.2, 0.25) is 0 Å². The van der Waals surface area contributed by atoms with Crippen LogP contribution in [0.15, 0.2) is 41.1 Å². The summed E-state index contributed by atoms with van der Waals surface area (Å²) in [5.41, 5.74) is 1.63. The van der Waals surface area contributed by atoms with Crippen molar-refractivity contribution in [2.75, 3.05) is 25.0 Å². The van der Waals surface area contributed by atoms with E-state index in [4.69, 9.17) is 0 Å². The van der Waals surface area contributed by atoms with Gasteiger partial charge in [0.05, 0.1) is 16.8 Å². The second-order valence-corrected chi connectivity index (χ2v) is 7.05. The molecule has 0 saturated carbocycles. The third kappa shape index (κ3) is 5.56. The average molecular weight is 394 g/mol. The normalized spacial score (nSPS) is 16.4. The number of rotatable bonds is 6. The lowest BCUT2D eigenvalue weighted by atomic mass is 9.96. The monoisotopic (exact) mass is 393 g/mol. The Morgan fingerprint density at radius 2 is 2.04 bits per heavy atom. The van der Waals surface area contributed by atoms with Gasteiger partial charge in [-0.05, 0) is 61.8 Å². The molecule has 1 aliphatic heterocycles. The van der Waals surface area contributed by atoms with Crippen LogP contribution in [-0.4, -0.2) is 31.4 Å². The fourth-order valence-electron chi connectivity index (χ4n) is 3.03. The van der Waals surface area contributed by atoms with E-state index in [1.54, 1.807) is 29.6 Å². The first-order valence-electron chi connectivity index (χ1n) is 8.65. The van der Waals surface area contributed by atoms with Gasteiger partial charge in [-0.3, -0.25) is 9.59 Å². The highest BCUT2D eigenvalue weighted by Gasteiger charge is 2.16. The Morgan fingerprint density at radius 1 is 1.19 bits per heavy atom. The molecule has 0 spiro atoms. The molecule has 2 aromatic rings. The summed E-state index contributed by atoms with van der Waals surface area (Å²) in [5.74, 6) is 0.280. The number of hydrogen-bond acceptors (Lipinski definition) is 4. The van der Waals surface area contributed by atoms with Crippen molar-refractivity contribution in [2.45, 2.75) is 19.3 Å². The van der Waals surface area contributed by atoms with Crippen molar-refractivity contribution in [2.24, 2.45) is 5.92 Å². The predicted molar refractivity (Wildman–Crippen MR) is 109 cm³/mol. The Balaban J connectivity index is 0.00000243. The summed E-state index contributed by atoms with van der Waals surface area (Å²) < 4.78 is 0. The molecule has 2 amide bonds. The summed E-state index contributed by atoms with van der Waals surface area (Å²) in [5, 5.41) is 12.8. The van der Waals surface area contributed by atoms with Crippen molar-refractivity contribution in [3.05, 3.63) is 52.2 Å². The lowest BCUT2D eigenvalue weighted by Gasteiger charge is -2.22. The standard InChI is InChI=1S/C19H23N3O2S.ClH/c23-18(15-8-11-25-13-15)22-17-6-2-1-5-16(17)19(24)21-10-7-14-4-3-9-20-12-14;/h1-2,5-6,8,11,13-14,20H,3-4,7,9-10,12H2,(H,21,24)(H,22,23);1H. The van der Waals surface area contributed by atoms with E-state index < -0.39 is 0 Å². The highest BCUT2D eigenvalue weighted by atomic mass is 35.5. The second-order valence-electron chi connectivity index (χ2n) is 6.27. The molecule has 1 atom stereocenters. The van der Waals surface area contributed by atoms with Crippen LogP contribution in [0.3, 0.4) is 0 Å². The van der Waals surface area contributed by atoms with Gasteiger partial charge in [0.1, 0.15) is 0 Å². The zero-order valence-corrected chi connectivity index (χ0v) is 16.1. The van der Waals surface area contributed by atoms with Crippen LogP contribution in [-0.2, 0) is 0 Å². The third-order valence-corrected chi connectivity index (χ3v) is 5.12. The van der Waals surface area contributed by atoms with Crippen LogP contribution in [0.25, 0.3) is 0 Å². The molecule has 0 aliphatic carbocycles. The Kier molecular flexibility index (Phi) is 8.09. The molecular weight excluding hydrogens is 370 g/mol. The summed E-state index contributed by atoms with van der Waals surface area (Å²) in [6, 6.07) is 8.87. The Hall–Kier alpha value is -1.89. The molecular formula is C19H24ClN3O2S. The van der Waals surface area contributed by atoms with Crippen LogP contribution < -0.4 is 16.0 Å². The number of hydrogen-bond donors (Lipinski definition) is 3. The van der Waals surface area contributed by atoms with Gasteiger partial charge < -0.3 is 16.0 Å². The molecule has 1 unspecified atom stereocenters. The van der Waals surface area contributed by atoms with Crippen LogP contribution in [0.4, 0.5) is 5.69 Å². The van der Waals surface area contributed by atoms with Gasteiger partial charge in [0, 0.05) is 11.9 Å². The van der Waals surface area contributed by atoms with Crippen LogP contribution in [0, 0.1) is 5.92 Å². The Labute approximate surface area is 164 Å². The molecule has 7 heteroatoms. The summed E-state index contributed by atoms with van der Waals surface area (Å²) in [7, 11) is 0. The molecule has 1 aliphatic rings. The maximum atomic E-state index is 12.5. The summed E-state index contributed by atoms with van der Waals surface area (Å²) in [6.45, 7) is 2.78. The van der Waals surface area contributed by atoms with E-state index in [9.17, 15) is 9.59 Å². The predicted octanol–water partition coefficient (Wildman–Crippen LogP) is 3.54. The summed E-state index contributed by atoms with van der Waals surface area (Å²) in [4.78, 5) is 24.7. The van der Waals surface area contributed by atoms with Crippen molar-refractivity contribution in [1.82, 2.24) is 10.6 Å². The highest BCUT2D eigenvalue weighted by molar-refractivity contribution is 7.08. The number of carbonyl (C=O) groups excluding carboxylic acids is 2. The van der Waals surface area contributed by atoms with E-state index in [0.717, 1.165) is 19.5 Å². The molecule has 1 aromatic heterocycles. The van der Waals surface area contributed by atoms with Gasteiger partial charge in [0.15, 0.2) is 0 Å². The molecule has 2 heterocycles.